The third-order valence-corrected chi connectivity index (χ3v) is 7.22. The molecule has 0 N–H and O–H groups in total. The highest BCUT2D eigenvalue weighted by Gasteiger charge is 2.20. The third kappa shape index (κ3) is 3.91. The molecule has 7 nitrogen and oxygen atoms in total. The summed E-state index contributed by atoms with van der Waals surface area (Å²) >= 11 is 0. The zero-order valence-corrected chi connectivity index (χ0v) is 22.3. The number of ether oxygens (including phenoxy) is 1. The Labute approximate surface area is 229 Å². The molecule has 0 unspecified atom stereocenters. The Kier molecular flexibility index (Phi) is 5.62. The van der Waals surface area contributed by atoms with Gasteiger partial charge in [-0.25, -0.2) is 15.0 Å². The van der Waals surface area contributed by atoms with Crippen molar-refractivity contribution in [2.75, 3.05) is 0 Å². The Morgan fingerprint density at radius 2 is 1.73 bits per heavy atom. The molecule has 0 fully saturated rings. The lowest BCUT2D eigenvalue weighted by molar-refractivity contribution is 0.405. The van der Waals surface area contributed by atoms with E-state index in [1.807, 2.05) is 42.5 Å². The van der Waals surface area contributed by atoms with E-state index in [1.54, 1.807) is 19.3 Å². The van der Waals surface area contributed by atoms with Gasteiger partial charge in [-0.15, -0.1) is 0 Å². The maximum Gasteiger partial charge on any atom is 0.276 e. The first kappa shape index (κ1) is 24.1. The van der Waals surface area contributed by atoms with Crippen LogP contribution in [0.1, 0.15) is 42.4 Å². The predicted octanol–water partition coefficient (Wildman–Crippen LogP) is 7.33. The second-order valence-electron chi connectivity index (χ2n) is 10.2. The lowest BCUT2D eigenvalue weighted by atomic mass is 9.96. The van der Waals surface area contributed by atoms with E-state index in [0.717, 1.165) is 44.2 Å². The van der Waals surface area contributed by atoms with E-state index in [1.165, 1.54) is 5.56 Å². The number of nitrogens with zero attached hydrogens (tertiary/aromatic N) is 6. The number of halogens is 1. The number of para-hydroxylation sites is 2. The van der Waals surface area contributed by atoms with Crippen molar-refractivity contribution in [1.29, 1.82) is 0 Å². The second-order valence-corrected chi connectivity index (χ2v) is 10.2. The molecule has 8 heteroatoms. The zero-order valence-electron chi connectivity index (χ0n) is 22.3. The Morgan fingerprint density at radius 3 is 2.55 bits per heavy atom. The van der Waals surface area contributed by atoms with Crippen LogP contribution in [-0.4, -0.2) is 29.3 Å². The van der Waals surface area contributed by atoms with Crippen molar-refractivity contribution in [1.82, 2.24) is 29.3 Å². The van der Waals surface area contributed by atoms with Gasteiger partial charge in [-0.05, 0) is 54.8 Å². The van der Waals surface area contributed by atoms with E-state index in [2.05, 4.69) is 57.5 Å². The fraction of sp³-hybridized carbons (Fsp3) is 0.156. The molecule has 5 aromatic heterocycles. The van der Waals surface area contributed by atoms with Crippen LogP contribution in [0.4, 0.5) is 4.39 Å². The number of fused-ring (bicyclic) bond motifs is 8. The van der Waals surface area contributed by atoms with Gasteiger partial charge in [0.05, 0.1) is 39.7 Å². The van der Waals surface area contributed by atoms with Crippen LogP contribution in [0.2, 0.25) is 0 Å². The SMILES string of the molecule is Cc1nc(F)c(Oc2cnc3c(c2)c2nc4ccccc4n2c2cccc(C(C)C)c32)nc1Cc1ccccn1. The van der Waals surface area contributed by atoms with Crippen molar-refractivity contribution < 1.29 is 9.13 Å². The van der Waals surface area contributed by atoms with Gasteiger partial charge in [0.25, 0.3) is 11.8 Å². The minimum absolute atomic E-state index is 0.203. The second kappa shape index (κ2) is 9.34. The molecule has 7 aromatic rings. The smallest absolute Gasteiger partial charge is 0.276 e. The van der Waals surface area contributed by atoms with Gasteiger partial charge in [-0.2, -0.15) is 4.39 Å². The van der Waals surface area contributed by atoms with E-state index < -0.39 is 5.95 Å². The predicted molar refractivity (Wildman–Crippen MR) is 153 cm³/mol. The summed E-state index contributed by atoms with van der Waals surface area (Å²) in [6, 6.07) is 21.9. The number of benzene rings is 2. The van der Waals surface area contributed by atoms with E-state index in [-0.39, 0.29) is 11.8 Å². The molecule has 40 heavy (non-hydrogen) atoms. The van der Waals surface area contributed by atoms with Gasteiger partial charge in [0.1, 0.15) is 11.4 Å². The van der Waals surface area contributed by atoms with Crippen LogP contribution < -0.4 is 4.74 Å². The molecule has 0 aliphatic carbocycles. The number of imidazole rings is 1. The lowest BCUT2D eigenvalue weighted by Gasteiger charge is -2.15. The normalized spacial score (nSPS) is 11.8. The minimum atomic E-state index is -0.778. The van der Waals surface area contributed by atoms with Gasteiger partial charge in [0.15, 0.2) is 0 Å². The summed E-state index contributed by atoms with van der Waals surface area (Å²) in [5.74, 6) is -0.347. The highest BCUT2D eigenvalue weighted by atomic mass is 19.1. The molecule has 7 rings (SSSR count). The average molecular weight is 529 g/mol. The minimum Gasteiger partial charge on any atom is -0.434 e. The molecule has 0 saturated heterocycles. The summed E-state index contributed by atoms with van der Waals surface area (Å²) in [5, 5.41) is 1.87. The molecule has 0 spiro atoms. The Bertz CT molecular complexity index is 2070. The first-order valence-electron chi connectivity index (χ1n) is 13.2. The molecule has 196 valence electrons. The van der Waals surface area contributed by atoms with Crippen LogP contribution >= 0.6 is 0 Å². The first-order valence-corrected chi connectivity index (χ1v) is 13.2. The Hall–Kier alpha value is -4.98. The van der Waals surface area contributed by atoms with E-state index in [4.69, 9.17) is 14.7 Å². The number of rotatable bonds is 5. The fourth-order valence-corrected chi connectivity index (χ4v) is 5.33. The molecule has 0 radical (unpaired) electrons. The summed E-state index contributed by atoms with van der Waals surface area (Å²) in [6.45, 7) is 6.08. The summed E-state index contributed by atoms with van der Waals surface area (Å²) in [4.78, 5) is 22.7. The summed E-state index contributed by atoms with van der Waals surface area (Å²) in [6.07, 6.45) is 3.74. The molecular weight excluding hydrogens is 503 g/mol. The lowest BCUT2D eigenvalue weighted by Crippen LogP contribution is -2.05. The maximum atomic E-state index is 15.0. The molecule has 2 aromatic carbocycles. The molecule has 0 amide bonds. The zero-order chi connectivity index (χ0) is 27.4. The number of aromatic nitrogens is 6. The van der Waals surface area contributed by atoms with Crippen LogP contribution in [-0.2, 0) is 6.42 Å². The van der Waals surface area contributed by atoms with Crippen LogP contribution in [0.5, 0.6) is 11.6 Å². The van der Waals surface area contributed by atoms with Crippen molar-refractivity contribution in [3.8, 4) is 11.6 Å². The highest BCUT2D eigenvalue weighted by Crippen LogP contribution is 2.37. The topological polar surface area (TPSA) is 78.1 Å². The van der Waals surface area contributed by atoms with Gasteiger partial charge in [-0.3, -0.25) is 14.4 Å². The van der Waals surface area contributed by atoms with E-state index in [9.17, 15) is 4.39 Å². The highest BCUT2D eigenvalue weighted by molar-refractivity contribution is 6.13. The van der Waals surface area contributed by atoms with Gasteiger partial charge in [0, 0.05) is 29.1 Å². The molecule has 0 atom stereocenters. The van der Waals surface area contributed by atoms with Gasteiger partial charge in [0.2, 0.25) is 0 Å². The van der Waals surface area contributed by atoms with E-state index >= 15 is 0 Å². The van der Waals surface area contributed by atoms with Crippen molar-refractivity contribution >= 4 is 38.5 Å². The molecule has 5 heterocycles. The Morgan fingerprint density at radius 1 is 0.900 bits per heavy atom. The third-order valence-electron chi connectivity index (χ3n) is 7.22. The molecule has 0 bridgehead atoms. The van der Waals surface area contributed by atoms with Crippen LogP contribution in [0, 0.1) is 12.9 Å². The first-order chi connectivity index (χ1) is 19.5. The number of hydrogen-bond acceptors (Lipinski definition) is 6. The number of hydrogen-bond donors (Lipinski definition) is 0. The fourth-order valence-electron chi connectivity index (χ4n) is 5.33. The molecule has 0 saturated carbocycles. The summed E-state index contributed by atoms with van der Waals surface area (Å²) < 4.78 is 23.1. The van der Waals surface area contributed by atoms with Gasteiger partial charge >= 0.3 is 0 Å². The van der Waals surface area contributed by atoms with Crippen LogP contribution in [0.15, 0.2) is 79.1 Å². The Balaban J connectivity index is 1.42. The largest absolute Gasteiger partial charge is 0.434 e. The van der Waals surface area contributed by atoms with Crippen LogP contribution in [0.3, 0.4) is 0 Å². The summed E-state index contributed by atoms with van der Waals surface area (Å²) in [5.41, 5.74) is 7.60. The van der Waals surface area contributed by atoms with Crippen molar-refractivity contribution in [2.45, 2.75) is 33.1 Å². The molecule has 0 aliphatic rings. The molecule has 0 aliphatic heterocycles. The maximum absolute atomic E-state index is 15.0. The summed E-state index contributed by atoms with van der Waals surface area (Å²) in [7, 11) is 0. The van der Waals surface area contributed by atoms with Gasteiger partial charge < -0.3 is 4.74 Å². The quantitative estimate of drug-likeness (QED) is 0.218. The molecular formula is C32H25FN6O. The average Bonchev–Trinajstić information content (AvgIpc) is 3.36. The number of pyridine rings is 3. The van der Waals surface area contributed by atoms with Crippen molar-refractivity contribution in [3.63, 3.8) is 0 Å². The standard InChI is InChI=1S/C32H25FN6O/c1-18(2)22-10-8-13-27-28(22)29-23(31-37-24-11-4-5-12-26(24)39(27)31)16-21(17-35-29)40-32-30(33)36-19(3)25(38-32)15-20-9-6-7-14-34-20/h4-14,16-18H,15H2,1-3H3. The van der Waals surface area contributed by atoms with Crippen molar-refractivity contribution in [3.05, 3.63) is 108 Å². The number of aryl methyl sites for hydroxylation is 1. The van der Waals surface area contributed by atoms with E-state index in [0.29, 0.717) is 23.6 Å². The van der Waals surface area contributed by atoms with Crippen molar-refractivity contribution in [2.24, 2.45) is 0 Å². The monoisotopic (exact) mass is 528 g/mol. The van der Waals surface area contributed by atoms with Crippen LogP contribution in [0.25, 0.3) is 38.5 Å². The van der Waals surface area contributed by atoms with Gasteiger partial charge in [-0.1, -0.05) is 44.2 Å².